The number of nitrogens with zero attached hydrogens (tertiary/aromatic N) is 2. The van der Waals surface area contributed by atoms with E-state index in [0.717, 1.165) is 30.0 Å². The fourth-order valence-electron chi connectivity index (χ4n) is 1.65. The van der Waals surface area contributed by atoms with Crippen molar-refractivity contribution in [2.75, 3.05) is 13.2 Å². The van der Waals surface area contributed by atoms with Crippen LogP contribution in [-0.4, -0.2) is 40.0 Å². The normalized spacial score (nSPS) is 10.3. The molecule has 0 aromatic carbocycles. The van der Waals surface area contributed by atoms with Crippen LogP contribution in [0.15, 0.2) is 17.8 Å². The van der Waals surface area contributed by atoms with Crippen LogP contribution in [0, 0.1) is 0 Å². The van der Waals surface area contributed by atoms with Crippen molar-refractivity contribution in [3.8, 4) is 0 Å². The van der Waals surface area contributed by atoms with Crippen molar-refractivity contribution in [2.45, 2.75) is 19.8 Å². The number of aromatic amines is 1. The summed E-state index contributed by atoms with van der Waals surface area (Å²) in [4.78, 5) is 34.4. The standard InChI is InChI=1S/C13H16N4O3S/c1-2-20-13(19)12-17-9(8-21-12)11(18)16-5-3-4-10-14-6-7-15-10/h6-8H,2-5H2,1H3,(H,14,15)(H,16,18). The Balaban J connectivity index is 1.76. The van der Waals surface area contributed by atoms with Crippen LogP contribution in [0.3, 0.4) is 0 Å². The lowest BCUT2D eigenvalue weighted by Crippen LogP contribution is -2.25. The molecular weight excluding hydrogens is 292 g/mol. The summed E-state index contributed by atoms with van der Waals surface area (Å²) in [6.45, 7) is 2.52. The lowest BCUT2D eigenvalue weighted by Gasteiger charge is -2.02. The van der Waals surface area contributed by atoms with Gasteiger partial charge in [-0.1, -0.05) is 0 Å². The van der Waals surface area contributed by atoms with Gasteiger partial charge in [-0.2, -0.15) is 0 Å². The number of H-pyrrole nitrogens is 1. The molecule has 0 bridgehead atoms. The zero-order chi connectivity index (χ0) is 15.1. The number of imidazole rings is 1. The fraction of sp³-hybridized carbons (Fsp3) is 0.385. The van der Waals surface area contributed by atoms with E-state index < -0.39 is 5.97 Å². The van der Waals surface area contributed by atoms with Crippen molar-refractivity contribution >= 4 is 23.2 Å². The number of thiazole rings is 1. The maximum atomic E-state index is 11.9. The van der Waals surface area contributed by atoms with Crippen molar-refractivity contribution in [3.63, 3.8) is 0 Å². The molecule has 0 aliphatic carbocycles. The molecule has 2 heterocycles. The molecule has 0 atom stereocenters. The van der Waals surface area contributed by atoms with E-state index in [0.29, 0.717) is 6.54 Å². The monoisotopic (exact) mass is 308 g/mol. The number of carbonyl (C=O) groups is 2. The van der Waals surface area contributed by atoms with Gasteiger partial charge in [-0.3, -0.25) is 4.79 Å². The van der Waals surface area contributed by atoms with Crippen LogP contribution in [0.1, 0.15) is 39.5 Å². The molecule has 0 unspecified atom stereocenters. The number of carbonyl (C=O) groups excluding carboxylic acids is 2. The minimum absolute atomic E-state index is 0.192. The quantitative estimate of drug-likeness (QED) is 0.595. The minimum Gasteiger partial charge on any atom is -0.461 e. The third-order valence-electron chi connectivity index (χ3n) is 2.62. The van der Waals surface area contributed by atoms with Crippen LogP contribution < -0.4 is 5.32 Å². The summed E-state index contributed by atoms with van der Waals surface area (Å²) in [6.07, 6.45) is 4.99. The highest BCUT2D eigenvalue weighted by Gasteiger charge is 2.15. The highest BCUT2D eigenvalue weighted by Crippen LogP contribution is 2.11. The van der Waals surface area contributed by atoms with Crippen LogP contribution in [0.25, 0.3) is 0 Å². The molecule has 112 valence electrons. The minimum atomic E-state index is -0.501. The summed E-state index contributed by atoms with van der Waals surface area (Å²) in [5.74, 6) is 0.100. The molecule has 0 radical (unpaired) electrons. The van der Waals surface area contributed by atoms with E-state index in [9.17, 15) is 9.59 Å². The molecule has 2 rings (SSSR count). The first-order valence-corrected chi connectivity index (χ1v) is 7.47. The molecule has 21 heavy (non-hydrogen) atoms. The van der Waals surface area contributed by atoms with Crippen molar-refractivity contribution in [1.82, 2.24) is 20.3 Å². The first-order chi connectivity index (χ1) is 10.2. The maximum Gasteiger partial charge on any atom is 0.367 e. The lowest BCUT2D eigenvalue weighted by molar-refractivity contribution is 0.0526. The van der Waals surface area contributed by atoms with Crippen molar-refractivity contribution in [1.29, 1.82) is 0 Å². The van der Waals surface area contributed by atoms with Crippen LogP contribution in [0.5, 0.6) is 0 Å². The Hall–Kier alpha value is -2.22. The fourth-order valence-corrected chi connectivity index (χ4v) is 2.34. The molecule has 2 aromatic heterocycles. The molecule has 0 aliphatic rings. The van der Waals surface area contributed by atoms with Gasteiger partial charge in [0.05, 0.1) is 6.61 Å². The molecule has 1 amide bonds. The van der Waals surface area contributed by atoms with E-state index in [1.165, 1.54) is 0 Å². The average Bonchev–Trinajstić information content (AvgIpc) is 3.14. The SMILES string of the molecule is CCOC(=O)c1nc(C(=O)NCCCc2ncc[nH]2)cs1. The van der Waals surface area contributed by atoms with Gasteiger partial charge in [0.15, 0.2) is 0 Å². The van der Waals surface area contributed by atoms with E-state index in [-0.39, 0.29) is 23.2 Å². The van der Waals surface area contributed by atoms with Gasteiger partial charge in [0.25, 0.3) is 5.91 Å². The van der Waals surface area contributed by atoms with E-state index in [1.807, 2.05) is 0 Å². The molecule has 2 N–H and O–H groups in total. The van der Waals surface area contributed by atoms with Crippen LogP contribution in [-0.2, 0) is 11.2 Å². The highest BCUT2D eigenvalue weighted by atomic mass is 32.1. The van der Waals surface area contributed by atoms with E-state index >= 15 is 0 Å². The molecule has 0 fully saturated rings. The van der Waals surface area contributed by atoms with Gasteiger partial charge in [-0.05, 0) is 13.3 Å². The van der Waals surface area contributed by atoms with Crippen LogP contribution in [0.2, 0.25) is 0 Å². The van der Waals surface area contributed by atoms with E-state index in [1.54, 1.807) is 24.7 Å². The Morgan fingerprint density at radius 2 is 2.33 bits per heavy atom. The van der Waals surface area contributed by atoms with Crippen molar-refractivity contribution in [3.05, 3.63) is 34.3 Å². The maximum absolute atomic E-state index is 11.9. The number of hydrogen-bond donors (Lipinski definition) is 2. The van der Waals surface area contributed by atoms with Crippen molar-refractivity contribution < 1.29 is 14.3 Å². The van der Waals surface area contributed by atoms with Crippen molar-refractivity contribution in [2.24, 2.45) is 0 Å². The number of aromatic nitrogens is 3. The highest BCUT2D eigenvalue weighted by molar-refractivity contribution is 7.11. The van der Waals surface area contributed by atoms with Gasteiger partial charge in [0.1, 0.15) is 11.5 Å². The van der Waals surface area contributed by atoms with Gasteiger partial charge in [0, 0.05) is 30.7 Å². The second-order valence-corrected chi connectivity index (χ2v) is 5.01. The Kier molecular flexibility index (Phi) is 5.44. The summed E-state index contributed by atoms with van der Waals surface area (Å²) in [7, 11) is 0. The predicted molar refractivity (Wildman–Crippen MR) is 77.3 cm³/mol. The van der Waals surface area contributed by atoms with Crippen LogP contribution >= 0.6 is 11.3 Å². The second kappa shape index (κ2) is 7.53. The largest absolute Gasteiger partial charge is 0.461 e. The first-order valence-electron chi connectivity index (χ1n) is 6.59. The van der Waals surface area contributed by atoms with Gasteiger partial charge in [-0.25, -0.2) is 14.8 Å². The average molecular weight is 308 g/mol. The third-order valence-corrected chi connectivity index (χ3v) is 3.44. The number of amides is 1. The molecule has 8 heteroatoms. The molecule has 0 aliphatic heterocycles. The van der Waals surface area contributed by atoms with Gasteiger partial charge in [-0.15, -0.1) is 11.3 Å². The Morgan fingerprint density at radius 3 is 3.05 bits per heavy atom. The molecule has 0 saturated carbocycles. The van der Waals surface area contributed by atoms with Gasteiger partial charge < -0.3 is 15.0 Å². The predicted octanol–water partition coefficient (Wildman–Crippen LogP) is 1.41. The molecule has 0 saturated heterocycles. The van der Waals surface area contributed by atoms with Gasteiger partial charge in [0.2, 0.25) is 5.01 Å². The Morgan fingerprint density at radius 1 is 1.48 bits per heavy atom. The lowest BCUT2D eigenvalue weighted by atomic mass is 10.3. The first kappa shape index (κ1) is 15.2. The molecule has 2 aromatic rings. The summed E-state index contributed by atoms with van der Waals surface area (Å²) < 4.78 is 4.83. The summed E-state index contributed by atoms with van der Waals surface area (Å²) in [6, 6.07) is 0. The third kappa shape index (κ3) is 4.38. The zero-order valence-electron chi connectivity index (χ0n) is 11.6. The Labute approximate surface area is 125 Å². The number of esters is 1. The molecule has 0 spiro atoms. The van der Waals surface area contributed by atoms with E-state index in [2.05, 4.69) is 20.3 Å². The number of rotatable bonds is 7. The Bertz CT molecular complexity index is 594. The summed E-state index contributed by atoms with van der Waals surface area (Å²) in [5.41, 5.74) is 0.237. The zero-order valence-corrected chi connectivity index (χ0v) is 12.4. The smallest absolute Gasteiger partial charge is 0.367 e. The number of hydrogen-bond acceptors (Lipinski definition) is 6. The van der Waals surface area contributed by atoms with Gasteiger partial charge >= 0.3 is 5.97 Å². The van der Waals surface area contributed by atoms with Crippen LogP contribution in [0.4, 0.5) is 0 Å². The topological polar surface area (TPSA) is 97.0 Å². The summed E-state index contributed by atoms with van der Waals surface area (Å²) >= 11 is 1.10. The summed E-state index contributed by atoms with van der Waals surface area (Å²) in [5, 5.41) is 4.50. The number of nitrogens with one attached hydrogen (secondary N) is 2. The number of aryl methyl sites for hydroxylation is 1. The molecule has 7 nitrogen and oxygen atoms in total. The van der Waals surface area contributed by atoms with E-state index in [4.69, 9.17) is 4.74 Å². The second-order valence-electron chi connectivity index (χ2n) is 4.15. The number of ether oxygens (including phenoxy) is 1. The molecular formula is C13H16N4O3S.